The summed E-state index contributed by atoms with van der Waals surface area (Å²) in [4.78, 5) is 3.91. The maximum Gasteiger partial charge on any atom is 0.242 e. The second kappa shape index (κ2) is 5.51. The number of nitrogens with zero attached hydrogens (tertiary/aromatic N) is 3. The van der Waals surface area contributed by atoms with Crippen LogP contribution in [0.5, 0.6) is 0 Å². The van der Waals surface area contributed by atoms with Crippen molar-refractivity contribution < 1.29 is 18.0 Å². The number of sulfonamides is 1. The largest absolute Gasteiger partial charge is 0.390 e. The van der Waals surface area contributed by atoms with Gasteiger partial charge in [0.15, 0.2) is 5.82 Å². The van der Waals surface area contributed by atoms with Crippen LogP contribution in [0.15, 0.2) is 28.1 Å². The highest BCUT2D eigenvalue weighted by atomic mass is 32.2. The van der Waals surface area contributed by atoms with Gasteiger partial charge in [0, 0.05) is 31.9 Å². The zero-order valence-corrected chi connectivity index (χ0v) is 11.1. The van der Waals surface area contributed by atoms with Crippen LogP contribution in [0.1, 0.15) is 11.5 Å². The van der Waals surface area contributed by atoms with E-state index in [9.17, 15) is 8.42 Å². The summed E-state index contributed by atoms with van der Waals surface area (Å²) in [6.07, 6.45) is 2.98. The minimum absolute atomic E-state index is 0.118. The van der Waals surface area contributed by atoms with Gasteiger partial charge in [-0.1, -0.05) is 5.16 Å². The molecule has 0 atom stereocenters. The van der Waals surface area contributed by atoms with Crippen LogP contribution in [0.3, 0.4) is 0 Å². The first kappa shape index (κ1) is 13.7. The smallest absolute Gasteiger partial charge is 0.242 e. The zero-order chi connectivity index (χ0) is 13.9. The number of aliphatic hydroxyl groups excluding tert-OH is 1. The van der Waals surface area contributed by atoms with E-state index in [4.69, 9.17) is 5.11 Å². The van der Waals surface area contributed by atoms with Crippen LogP contribution >= 0.6 is 0 Å². The molecular weight excluding hydrogens is 272 g/mol. The summed E-state index contributed by atoms with van der Waals surface area (Å²) in [5.41, 5.74) is 0.526. The molecule has 0 saturated heterocycles. The Kier molecular flexibility index (Phi) is 3.98. The summed E-state index contributed by atoms with van der Waals surface area (Å²) in [5.74, 6) is 0.437. The minimum atomic E-state index is -3.59. The number of rotatable bonds is 6. The highest BCUT2D eigenvalue weighted by molar-refractivity contribution is 7.89. The molecule has 2 rings (SSSR count). The molecule has 0 saturated carbocycles. The van der Waals surface area contributed by atoms with E-state index in [1.165, 1.54) is 18.7 Å². The van der Waals surface area contributed by atoms with Gasteiger partial charge in [0.05, 0.1) is 11.5 Å². The summed E-state index contributed by atoms with van der Waals surface area (Å²) in [6, 6.07) is 1.43. The summed E-state index contributed by atoms with van der Waals surface area (Å²) < 4.78 is 32.5. The number of nitrogens with one attached hydrogen (secondary N) is 1. The second-order valence-corrected chi connectivity index (χ2v) is 5.70. The van der Waals surface area contributed by atoms with Crippen molar-refractivity contribution in [2.45, 2.75) is 17.9 Å². The molecule has 8 nitrogen and oxygen atoms in total. The summed E-state index contributed by atoms with van der Waals surface area (Å²) >= 11 is 0. The Morgan fingerprint density at radius 2 is 2.32 bits per heavy atom. The van der Waals surface area contributed by atoms with Crippen molar-refractivity contribution in [2.75, 3.05) is 6.54 Å². The Balaban J connectivity index is 2.01. The van der Waals surface area contributed by atoms with Crippen molar-refractivity contribution in [1.29, 1.82) is 0 Å². The predicted molar refractivity (Wildman–Crippen MR) is 64.5 cm³/mol. The Labute approximate surface area is 110 Å². The van der Waals surface area contributed by atoms with E-state index in [1.807, 2.05) is 0 Å². The molecule has 2 aromatic rings. The molecule has 104 valence electrons. The van der Waals surface area contributed by atoms with Crippen LogP contribution in [-0.4, -0.2) is 34.8 Å². The number of hydrogen-bond acceptors (Lipinski definition) is 6. The van der Waals surface area contributed by atoms with E-state index in [0.29, 0.717) is 17.9 Å². The van der Waals surface area contributed by atoms with Crippen LogP contribution in [0.25, 0.3) is 0 Å². The molecule has 0 fully saturated rings. The summed E-state index contributed by atoms with van der Waals surface area (Å²) in [6.45, 7) is -0.0416. The lowest BCUT2D eigenvalue weighted by Gasteiger charge is -2.02. The van der Waals surface area contributed by atoms with Crippen molar-refractivity contribution in [3.05, 3.63) is 30.2 Å². The molecule has 0 bridgehead atoms. The molecule has 0 amide bonds. The maximum absolute atomic E-state index is 12.0. The minimum Gasteiger partial charge on any atom is -0.390 e. The van der Waals surface area contributed by atoms with E-state index < -0.39 is 10.0 Å². The Hall–Kier alpha value is -1.71. The molecule has 9 heteroatoms. The Bertz CT molecular complexity index is 633. The molecular formula is C10H14N4O4S. The fourth-order valence-electron chi connectivity index (χ4n) is 1.56. The molecule has 2 N–H and O–H groups in total. The normalized spacial score (nSPS) is 11.9. The van der Waals surface area contributed by atoms with Gasteiger partial charge in [-0.2, -0.15) is 4.98 Å². The van der Waals surface area contributed by atoms with Gasteiger partial charge in [-0.15, -0.1) is 0 Å². The zero-order valence-electron chi connectivity index (χ0n) is 10.3. The first-order valence-electron chi connectivity index (χ1n) is 5.54. The SMILES string of the molecule is Cn1cc(S(=O)(=O)NCCc2ncon2)cc1CO. The van der Waals surface area contributed by atoms with E-state index in [2.05, 4.69) is 19.4 Å². The lowest BCUT2D eigenvalue weighted by molar-refractivity contribution is 0.272. The molecule has 0 aliphatic heterocycles. The third-order valence-corrected chi connectivity index (χ3v) is 4.03. The average Bonchev–Trinajstić information content (AvgIpc) is 2.98. The van der Waals surface area contributed by atoms with Gasteiger partial charge < -0.3 is 14.2 Å². The van der Waals surface area contributed by atoms with Gasteiger partial charge in [-0.3, -0.25) is 0 Å². The van der Waals surface area contributed by atoms with Gasteiger partial charge in [-0.25, -0.2) is 13.1 Å². The molecule has 19 heavy (non-hydrogen) atoms. The number of aliphatic hydroxyl groups is 1. The molecule has 0 aliphatic carbocycles. The van der Waals surface area contributed by atoms with E-state index in [0.717, 1.165) is 0 Å². The van der Waals surface area contributed by atoms with E-state index >= 15 is 0 Å². The standard InChI is InChI=1S/C10H14N4O4S/c1-14-5-9(4-8(14)6-15)19(16,17)12-3-2-10-11-7-18-13-10/h4-5,7,12,15H,2-3,6H2,1H3. The van der Waals surface area contributed by atoms with Crippen LogP contribution < -0.4 is 4.72 Å². The van der Waals surface area contributed by atoms with Crippen LogP contribution in [0.2, 0.25) is 0 Å². The number of aryl methyl sites for hydroxylation is 1. The van der Waals surface area contributed by atoms with Gasteiger partial charge in [-0.05, 0) is 6.07 Å². The lowest BCUT2D eigenvalue weighted by atomic mass is 10.4. The van der Waals surface area contributed by atoms with Crippen LogP contribution in [0.4, 0.5) is 0 Å². The third kappa shape index (κ3) is 3.19. The van der Waals surface area contributed by atoms with Gasteiger partial charge >= 0.3 is 0 Å². The van der Waals surface area contributed by atoms with E-state index in [1.54, 1.807) is 11.6 Å². The molecule has 0 aliphatic rings. The molecule has 2 heterocycles. The second-order valence-electron chi connectivity index (χ2n) is 3.93. The van der Waals surface area contributed by atoms with Crippen molar-refractivity contribution >= 4 is 10.0 Å². The topological polar surface area (TPSA) is 110 Å². The average molecular weight is 286 g/mol. The maximum atomic E-state index is 12.0. The lowest BCUT2D eigenvalue weighted by Crippen LogP contribution is -2.26. The van der Waals surface area contributed by atoms with Crippen molar-refractivity contribution in [3.8, 4) is 0 Å². The van der Waals surface area contributed by atoms with Crippen molar-refractivity contribution in [2.24, 2.45) is 7.05 Å². The predicted octanol–water partition coefficient (Wildman–Crippen LogP) is -0.579. The van der Waals surface area contributed by atoms with Gasteiger partial charge in [0.2, 0.25) is 16.4 Å². The fourth-order valence-corrected chi connectivity index (χ4v) is 2.69. The van der Waals surface area contributed by atoms with Crippen LogP contribution in [-0.2, 0) is 30.1 Å². The first-order valence-corrected chi connectivity index (χ1v) is 7.02. The van der Waals surface area contributed by atoms with Gasteiger partial charge in [0.25, 0.3) is 0 Å². The van der Waals surface area contributed by atoms with Gasteiger partial charge in [0.1, 0.15) is 0 Å². The Morgan fingerprint density at radius 1 is 1.53 bits per heavy atom. The fraction of sp³-hybridized carbons (Fsp3) is 0.400. The third-order valence-electron chi connectivity index (χ3n) is 2.60. The number of hydrogen-bond donors (Lipinski definition) is 2. The van der Waals surface area contributed by atoms with Crippen molar-refractivity contribution in [3.63, 3.8) is 0 Å². The first-order chi connectivity index (χ1) is 9.03. The monoisotopic (exact) mass is 286 g/mol. The molecule has 0 radical (unpaired) electrons. The highest BCUT2D eigenvalue weighted by Gasteiger charge is 2.17. The molecule has 2 aromatic heterocycles. The number of aromatic nitrogens is 3. The van der Waals surface area contributed by atoms with Crippen molar-refractivity contribution in [1.82, 2.24) is 19.4 Å². The molecule has 0 aromatic carbocycles. The summed E-state index contributed by atoms with van der Waals surface area (Å²) in [7, 11) is -1.92. The Morgan fingerprint density at radius 3 is 2.89 bits per heavy atom. The quantitative estimate of drug-likeness (QED) is 0.735. The van der Waals surface area contributed by atoms with E-state index in [-0.39, 0.29) is 18.0 Å². The summed E-state index contributed by atoms with van der Waals surface area (Å²) in [5, 5.41) is 12.6. The van der Waals surface area contributed by atoms with Crippen LogP contribution in [0, 0.1) is 0 Å². The molecule has 0 spiro atoms. The highest BCUT2D eigenvalue weighted by Crippen LogP contribution is 2.13. The molecule has 0 unspecified atom stereocenters.